The molecule has 0 aliphatic heterocycles. The van der Waals surface area contributed by atoms with E-state index < -0.39 is 0 Å². The zero-order chi connectivity index (χ0) is 12.6. The summed E-state index contributed by atoms with van der Waals surface area (Å²) in [5.74, 6) is 1.32. The van der Waals surface area contributed by atoms with Gasteiger partial charge in [0.25, 0.3) is 0 Å². The molecule has 0 atom stereocenters. The molecule has 6 heteroatoms. The van der Waals surface area contributed by atoms with E-state index >= 15 is 0 Å². The molecule has 0 saturated carbocycles. The van der Waals surface area contributed by atoms with Crippen LogP contribution in [0, 0.1) is 26.2 Å². The summed E-state index contributed by atoms with van der Waals surface area (Å²) >= 11 is 0. The highest BCUT2D eigenvalue weighted by Crippen LogP contribution is 2.18. The topological polar surface area (TPSA) is 93.5 Å². The SMILES string of the molecule is Cc1nnc(-n2ccnc2C)c(C(=N)N)c1C. The van der Waals surface area contributed by atoms with Crippen molar-refractivity contribution >= 4 is 5.84 Å². The fraction of sp³-hybridized carbons (Fsp3) is 0.273. The third-order valence-corrected chi connectivity index (χ3v) is 2.76. The van der Waals surface area contributed by atoms with Crippen LogP contribution in [0.4, 0.5) is 0 Å². The van der Waals surface area contributed by atoms with Crippen molar-refractivity contribution in [3.63, 3.8) is 0 Å². The Morgan fingerprint density at radius 1 is 1.29 bits per heavy atom. The van der Waals surface area contributed by atoms with Crippen molar-refractivity contribution in [2.75, 3.05) is 0 Å². The highest BCUT2D eigenvalue weighted by molar-refractivity contribution is 5.99. The third-order valence-electron chi connectivity index (χ3n) is 2.76. The first-order valence-electron chi connectivity index (χ1n) is 5.21. The molecule has 0 aromatic carbocycles. The number of nitrogens with two attached hydrogens (primary N) is 1. The summed E-state index contributed by atoms with van der Waals surface area (Å²) in [6, 6.07) is 0. The van der Waals surface area contributed by atoms with Crippen LogP contribution in [0.2, 0.25) is 0 Å². The Labute approximate surface area is 99.0 Å². The maximum Gasteiger partial charge on any atom is 0.172 e. The Hall–Kier alpha value is -2.24. The van der Waals surface area contributed by atoms with E-state index in [4.69, 9.17) is 11.1 Å². The zero-order valence-corrected chi connectivity index (χ0v) is 10.0. The standard InChI is InChI=1S/C11H14N6/c1-6-7(2)15-16-11(9(6)10(12)13)17-5-4-14-8(17)3/h4-5H,1-3H3,(H3,12,13). The van der Waals surface area contributed by atoms with Gasteiger partial charge in [0.1, 0.15) is 11.7 Å². The van der Waals surface area contributed by atoms with Gasteiger partial charge in [-0.2, -0.15) is 5.10 Å². The van der Waals surface area contributed by atoms with Crippen LogP contribution in [0.15, 0.2) is 12.4 Å². The van der Waals surface area contributed by atoms with Gasteiger partial charge >= 0.3 is 0 Å². The molecule has 2 rings (SSSR count). The molecule has 2 aromatic rings. The maximum atomic E-state index is 7.66. The minimum Gasteiger partial charge on any atom is -0.384 e. The van der Waals surface area contributed by atoms with Crippen LogP contribution >= 0.6 is 0 Å². The number of nitrogen functional groups attached to an aromatic ring is 1. The Kier molecular flexibility index (Phi) is 2.63. The third kappa shape index (κ3) is 1.77. The van der Waals surface area contributed by atoms with E-state index in [9.17, 15) is 0 Å². The molecule has 0 aliphatic rings. The van der Waals surface area contributed by atoms with E-state index in [1.165, 1.54) is 0 Å². The Bertz CT molecular complexity index is 584. The molecule has 0 fully saturated rings. The van der Waals surface area contributed by atoms with Crippen LogP contribution in [0.1, 0.15) is 22.6 Å². The van der Waals surface area contributed by atoms with E-state index in [1.807, 2.05) is 20.8 Å². The van der Waals surface area contributed by atoms with E-state index in [1.54, 1.807) is 17.0 Å². The fourth-order valence-corrected chi connectivity index (χ4v) is 1.69. The van der Waals surface area contributed by atoms with Gasteiger partial charge in [0.2, 0.25) is 0 Å². The summed E-state index contributed by atoms with van der Waals surface area (Å²) in [6.07, 6.45) is 3.46. The molecule has 0 unspecified atom stereocenters. The quantitative estimate of drug-likeness (QED) is 0.591. The normalized spacial score (nSPS) is 10.5. The van der Waals surface area contributed by atoms with Crippen molar-refractivity contribution < 1.29 is 0 Å². The molecule has 88 valence electrons. The van der Waals surface area contributed by atoms with Crippen molar-refractivity contribution in [2.24, 2.45) is 5.73 Å². The summed E-state index contributed by atoms with van der Waals surface area (Å²) in [5, 5.41) is 15.8. The molecule has 0 aliphatic carbocycles. The summed E-state index contributed by atoms with van der Waals surface area (Å²) < 4.78 is 1.77. The summed E-state index contributed by atoms with van der Waals surface area (Å²) in [7, 11) is 0. The van der Waals surface area contributed by atoms with Gasteiger partial charge in [0, 0.05) is 12.4 Å². The molecule has 0 bridgehead atoms. The first kappa shape index (κ1) is 11.3. The van der Waals surface area contributed by atoms with Gasteiger partial charge in [0.15, 0.2) is 5.82 Å². The number of rotatable bonds is 2. The number of aromatic nitrogens is 4. The van der Waals surface area contributed by atoms with Gasteiger partial charge in [-0.05, 0) is 26.3 Å². The first-order valence-corrected chi connectivity index (χ1v) is 5.21. The van der Waals surface area contributed by atoms with Crippen molar-refractivity contribution in [1.29, 1.82) is 5.41 Å². The average Bonchev–Trinajstić information content (AvgIpc) is 2.67. The fourth-order valence-electron chi connectivity index (χ4n) is 1.69. The number of nitrogens with zero attached hydrogens (tertiary/aromatic N) is 4. The van der Waals surface area contributed by atoms with Crippen molar-refractivity contribution in [2.45, 2.75) is 20.8 Å². The largest absolute Gasteiger partial charge is 0.384 e. The molecule has 0 radical (unpaired) electrons. The second-order valence-electron chi connectivity index (χ2n) is 3.87. The summed E-state index contributed by atoms with van der Waals surface area (Å²) in [5.41, 5.74) is 7.88. The lowest BCUT2D eigenvalue weighted by molar-refractivity contribution is 0.851. The second kappa shape index (κ2) is 3.97. The van der Waals surface area contributed by atoms with Gasteiger partial charge in [-0.15, -0.1) is 5.10 Å². The van der Waals surface area contributed by atoms with Crippen LogP contribution in [0.5, 0.6) is 0 Å². The Morgan fingerprint density at radius 3 is 2.53 bits per heavy atom. The molecule has 0 spiro atoms. The van der Waals surface area contributed by atoms with Gasteiger partial charge < -0.3 is 5.73 Å². The van der Waals surface area contributed by atoms with Crippen LogP contribution in [0.25, 0.3) is 5.82 Å². The van der Waals surface area contributed by atoms with Crippen molar-refractivity contribution in [3.8, 4) is 5.82 Å². The van der Waals surface area contributed by atoms with E-state index in [2.05, 4.69) is 15.2 Å². The zero-order valence-electron chi connectivity index (χ0n) is 10.0. The second-order valence-corrected chi connectivity index (χ2v) is 3.87. The lowest BCUT2D eigenvalue weighted by atomic mass is 10.1. The smallest absolute Gasteiger partial charge is 0.172 e. The minimum absolute atomic E-state index is 0.0106. The van der Waals surface area contributed by atoms with Crippen molar-refractivity contribution in [3.05, 3.63) is 35.0 Å². The highest BCUT2D eigenvalue weighted by atomic mass is 15.2. The van der Waals surface area contributed by atoms with Gasteiger partial charge in [0.05, 0.1) is 11.3 Å². The van der Waals surface area contributed by atoms with Crippen molar-refractivity contribution in [1.82, 2.24) is 19.7 Å². The minimum atomic E-state index is -0.0106. The summed E-state index contributed by atoms with van der Waals surface area (Å²) in [6.45, 7) is 5.59. The maximum absolute atomic E-state index is 7.66. The lowest BCUT2D eigenvalue weighted by Gasteiger charge is -2.12. The van der Waals surface area contributed by atoms with Gasteiger partial charge in [-0.3, -0.25) is 9.98 Å². The predicted molar refractivity (Wildman–Crippen MR) is 64.4 cm³/mol. The van der Waals surface area contributed by atoms with Gasteiger partial charge in [-0.1, -0.05) is 0 Å². The lowest BCUT2D eigenvalue weighted by Crippen LogP contribution is -2.19. The molecule has 2 aromatic heterocycles. The molecular weight excluding hydrogens is 216 g/mol. The highest BCUT2D eigenvalue weighted by Gasteiger charge is 2.16. The van der Waals surface area contributed by atoms with Gasteiger partial charge in [-0.25, -0.2) is 4.98 Å². The molecule has 0 saturated heterocycles. The molecule has 0 amide bonds. The Balaban J connectivity index is 2.75. The number of hydrogen-bond acceptors (Lipinski definition) is 4. The molecule has 17 heavy (non-hydrogen) atoms. The van der Waals surface area contributed by atoms with Crippen LogP contribution in [-0.4, -0.2) is 25.6 Å². The average molecular weight is 230 g/mol. The number of hydrogen-bond donors (Lipinski definition) is 2. The van der Waals surface area contributed by atoms with E-state index in [-0.39, 0.29) is 5.84 Å². The summed E-state index contributed by atoms with van der Waals surface area (Å²) in [4.78, 5) is 4.13. The van der Waals surface area contributed by atoms with Crippen LogP contribution in [-0.2, 0) is 0 Å². The number of amidine groups is 1. The molecular formula is C11H14N6. The first-order chi connectivity index (χ1) is 8.02. The van der Waals surface area contributed by atoms with Crippen LogP contribution < -0.4 is 5.73 Å². The molecule has 2 heterocycles. The van der Waals surface area contributed by atoms with E-state index in [0.29, 0.717) is 11.4 Å². The Morgan fingerprint density at radius 2 is 2.00 bits per heavy atom. The van der Waals surface area contributed by atoms with E-state index in [0.717, 1.165) is 17.1 Å². The monoisotopic (exact) mass is 230 g/mol. The predicted octanol–water partition coefficient (Wildman–Crippen LogP) is 0.872. The number of imidazole rings is 1. The molecule has 6 nitrogen and oxygen atoms in total. The van der Waals surface area contributed by atoms with Crippen LogP contribution in [0.3, 0.4) is 0 Å². The number of nitrogens with one attached hydrogen (secondary N) is 1. The number of aryl methyl sites for hydroxylation is 2. The molecule has 3 N–H and O–H groups in total.